The van der Waals surface area contributed by atoms with Gasteiger partial charge in [0.05, 0.1) is 46.7 Å². The van der Waals surface area contributed by atoms with Gasteiger partial charge in [0.25, 0.3) is 0 Å². The predicted molar refractivity (Wildman–Crippen MR) is 153 cm³/mol. The molecule has 0 saturated heterocycles. The number of carbonyl (C=O) groups is 1. The van der Waals surface area contributed by atoms with Gasteiger partial charge < -0.3 is 10.3 Å². The molecule has 5 heterocycles. The maximum atomic E-state index is 13.9. The number of fused-ring (bicyclic) bond motifs is 2. The van der Waals surface area contributed by atoms with Crippen LogP contribution in [0.4, 0.5) is 10.1 Å². The zero-order chi connectivity index (χ0) is 27.1. The summed E-state index contributed by atoms with van der Waals surface area (Å²) in [4.78, 5) is 29.5. The number of amides is 1. The Kier molecular flexibility index (Phi) is 6.03. The number of anilines is 1. The molecule has 7 rings (SSSR count). The van der Waals surface area contributed by atoms with Crippen molar-refractivity contribution in [1.82, 2.24) is 30.1 Å². The SMILES string of the molecule is O=C(Nc1cncc(-c2cc3c(-c4cc5c(-c6cccc(F)c6)cncc5[nH]4)n[nH]c3cn2)c1)C1CCCCC1. The monoisotopic (exact) mass is 531 g/mol. The maximum absolute atomic E-state index is 13.9. The van der Waals surface area contributed by atoms with Crippen LogP contribution in [0.5, 0.6) is 0 Å². The molecule has 1 aromatic carbocycles. The Morgan fingerprint density at radius 3 is 2.62 bits per heavy atom. The minimum Gasteiger partial charge on any atom is -0.352 e. The van der Waals surface area contributed by atoms with Crippen molar-refractivity contribution < 1.29 is 9.18 Å². The molecule has 9 heteroatoms. The number of H-pyrrole nitrogens is 2. The smallest absolute Gasteiger partial charge is 0.227 e. The van der Waals surface area contributed by atoms with Crippen molar-refractivity contribution in [2.45, 2.75) is 32.1 Å². The summed E-state index contributed by atoms with van der Waals surface area (Å²) in [5.74, 6) is -0.172. The Morgan fingerprint density at radius 1 is 0.875 bits per heavy atom. The first-order valence-corrected chi connectivity index (χ1v) is 13.5. The summed E-state index contributed by atoms with van der Waals surface area (Å²) in [6.07, 6.45) is 13.9. The molecule has 1 amide bonds. The molecule has 1 aliphatic carbocycles. The highest BCUT2D eigenvalue weighted by atomic mass is 19.1. The number of benzene rings is 1. The first-order chi connectivity index (χ1) is 19.6. The fourth-order valence-electron chi connectivity index (χ4n) is 5.60. The number of carbonyl (C=O) groups excluding carboxylic acids is 1. The van der Waals surface area contributed by atoms with E-state index in [4.69, 9.17) is 0 Å². The molecule has 0 radical (unpaired) electrons. The highest BCUT2D eigenvalue weighted by molar-refractivity contribution is 6.01. The molecule has 1 aliphatic rings. The summed E-state index contributed by atoms with van der Waals surface area (Å²) in [7, 11) is 0. The lowest BCUT2D eigenvalue weighted by Gasteiger charge is -2.20. The Balaban J connectivity index is 1.23. The maximum Gasteiger partial charge on any atom is 0.227 e. The first-order valence-electron chi connectivity index (χ1n) is 13.5. The van der Waals surface area contributed by atoms with Crippen molar-refractivity contribution in [2.24, 2.45) is 5.92 Å². The highest BCUT2D eigenvalue weighted by Gasteiger charge is 2.21. The van der Waals surface area contributed by atoms with Crippen LogP contribution in [0.1, 0.15) is 32.1 Å². The molecule has 0 spiro atoms. The summed E-state index contributed by atoms with van der Waals surface area (Å²) in [5, 5.41) is 12.5. The van der Waals surface area contributed by atoms with Crippen molar-refractivity contribution in [2.75, 3.05) is 5.32 Å². The third-order valence-corrected chi connectivity index (χ3v) is 7.66. The van der Waals surface area contributed by atoms with Gasteiger partial charge in [0.1, 0.15) is 11.5 Å². The van der Waals surface area contributed by atoms with Gasteiger partial charge in [0.2, 0.25) is 5.91 Å². The summed E-state index contributed by atoms with van der Waals surface area (Å²) < 4.78 is 13.9. The van der Waals surface area contributed by atoms with E-state index >= 15 is 0 Å². The number of hydrogen-bond donors (Lipinski definition) is 3. The van der Waals surface area contributed by atoms with E-state index in [1.54, 1.807) is 37.1 Å². The second kappa shape index (κ2) is 10.00. The number of nitrogens with one attached hydrogen (secondary N) is 3. The average Bonchev–Trinajstić information content (AvgIpc) is 3.61. The molecular weight excluding hydrogens is 505 g/mol. The molecule has 0 atom stereocenters. The van der Waals surface area contributed by atoms with Crippen LogP contribution in [-0.2, 0) is 4.79 Å². The second-order valence-corrected chi connectivity index (χ2v) is 10.3. The topological polar surface area (TPSA) is 112 Å². The highest BCUT2D eigenvalue weighted by Crippen LogP contribution is 2.35. The van der Waals surface area contributed by atoms with Gasteiger partial charge in [-0.25, -0.2) is 4.39 Å². The lowest BCUT2D eigenvalue weighted by atomic mass is 9.88. The molecule has 8 nitrogen and oxygen atoms in total. The molecule has 3 N–H and O–H groups in total. The minimum atomic E-state index is -0.296. The zero-order valence-corrected chi connectivity index (χ0v) is 21.6. The van der Waals surface area contributed by atoms with E-state index in [1.807, 2.05) is 24.3 Å². The molecule has 0 aliphatic heterocycles. The number of aromatic amines is 2. The Bertz CT molecular complexity index is 1870. The first kappa shape index (κ1) is 24.1. The molecule has 1 fully saturated rings. The zero-order valence-electron chi connectivity index (χ0n) is 21.6. The molecule has 6 aromatic rings. The van der Waals surface area contributed by atoms with Crippen LogP contribution in [0.25, 0.3) is 55.6 Å². The van der Waals surface area contributed by atoms with Crippen LogP contribution in [0.15, 0.2) is 73.4 Å². The number of aromatic nitrogens is 6. The number of nitrogens with zero attached hydrogens (tertiary/aromatic N) is 4. The van der Waals surface area contributed by atoms with E-state index in [-0.39, 0.29) is 17.6 Å². The molecule has 198 valence electrons. The lowest BCUT2D eigenvalue weighted by molar-refractivity contribution is -0.120. The van der Waals surface area contributed by atoms with Gasteiger partial charge in [-0.05, 0) is 48.7 Å². The van der Waals surface area contributed by atoms with Crippen LogP contribution in [0.3, 0.4) is 0 Å². The molecule has 0 unspecified atom stereocenters. The van der Waals surface area contributed by atoms with E-state index < -0.39 is 0 Å². The fourth-order valence-corrected chi connectivity index (χ4v) is 5.60. The molecule has 5 aromatic heterocycles. The number of rotatable bonds is 5. The van der Waals surface area contributed by atoms with Gasteiger partial charge in [-0.2, -0.15) is 5.10 Å². The van der Waals surface area contributed by atoms with E-state index in [1.165, 1.54) is 18.6 Å². The van der Waals surface area contributed by atoms with Gasteiger partial charge in [-0.3, -0.25) is 24.8 Å². The van der Waals surface area contributed by atoms with E-state index in [0.717, 1.165) is 81.3 Å². The van der Waals surface area contributed by atoms with Gasteiger partial charge in [0.15, 0.2) is 0 Å². The minimum absolute atomic E-state index is 0.0603. The van der Waals surface area contributed by atoms with Crippen molar-refractivity contribution >= 4 is 33.4 Å². The molecular formula is C31H26FN7O. The van der Waals surface area contributed by atoms with Crippen LogP contribution >= 0.6 is 0 Å². The van der Waals surface area contributed by atoms with Crippen LogP contribution < -0.4 is 5.32 Å². The fraction of sp³-hybridized carbons (Fsp3) is 0.194. The van der Waals surface area contributed by atoms with E-state index in [0.29, 0.717) is 5.69 Å². The summed E-state index contributed by atoms with van der Waals surface area (Å²) in [6, 6.07) is 12.4. The molecule has 0 bridgehead atoms. The van der Waals surface area contributed by atoms with Crippen molar-refractivity contribution in [3.63, 3.8) is 0 Å². The largest absolute Gasteiger partial charge is 0.352 e. The number of halogens is 1. The summed E-state index contributed by atoms with van der Waals surface area (Å²) >= 11 is 0. The Hall–Kier alpha value is -4.92. The van der Waals surface area contributed by atoms with Gasteiger partial charge in [0, 0.05) is 40.2 Å². The van der Waals surface area contributed by atoms with E-state index in [2.05, 4.69) is 35.5 Å². The van der Waals surface area contributed by atoms with Gasteiger partial charge in [-0.1, -0.05) is 31.4 Å². The number of hydrogen-bond acceptors (Lipinski definition) is 5. The number of pyridine rings is 3. The molecule has 1 saturated carbocycles. The van der Waals surface area contributed by atoms with Gasteiger partial charge in [-0.15, -0.1) is 0 Å². The van der Waals surface area contributed by atoms with Crippen molar-refractivity contribution in [3.8, 4) is 33.8 Å². The molecule has 40 heavy (non-hydrogen) atoms. The van der Waals surface area contributed by atoms with Crippen LogP contribution in [0.2, 0.25) is 0 Å². The van der Waals surface area contributed by atoms with E-state index in [9.17, 15) is 9.18 Å². The summed E-state index contributed by atoms with van der Waals surface area (Å²) in [6.45, 7) is 0. The second-order valence-electron chi connectivity index (χ2n) is 10.3. The third kappa shape index (κ3) is 4.49. The Labute approximate surface area is 229 Å². The summed E-state index contributed by atoms with van der Waals surface area (Å²) in [5.41, 5.74) is 6.91. The van der Waals surface area contributed by atoms with Crippen molar-refractivity contribution in [3.05, 3.63) is 79.3 Å². The predicted octanol–water partition coefficient (Wildman–Crippen LogP) is 6.89. The van der Waals surface area contributed by atoms with Crippen LogP contribution in [-0.4, -0.2) is 36.0 Å². The lowest BCUT2D eigenvalue weighted by Crippen LogP contribution is -2.24. The average molecular weight is 532 g/mol. The standard InChI is InChI=1S/C31H26FN7O/c32-21-8-4-7-19(9-21)25-15-34-16-28-23(25)11-27(37-28)30-24-12-26(35-17-29(24)38-39-30)20-10-22(14-33-13-20)36-31(40)18-5-2-1-3-6-18/h4,7-18,37H,1-3,5-6H2,(H,36,40)(H,38,39). The van der Waals surface area contributed by atoms with Crippen LogP contribution in [0, 0.1) is 11.7 Å². The quantitative estimate of drug-likeness (QED) is 0.224. The third-order valence-electron chi connectivity index (χ3n) is 7.66. The normalized spacial score (nSPS) is 14.1. The Morgan fingerprint density at radius 2 is 1.75 bits per heavy atom. The van der Waals surface area contributed by atoms with Gasteiger partial charge >= 0.3 is 0 Å². The van der Waals surface area contributed by atoms with Crippen molar-refractivity contribution in [1.29, 1.82) is 0 Å².